The molecule has 0 aromatic heterocycles. The minimum Gasteiger partial charge on any atom is -0.497 e. The highest BCUT2D eigenvalue weighted by Gasteiger charge is 2.43. The van der Waals surface area contributed by atoms with Gasteiger partial charge in [0.25, 0.3) is 5.91 Å². The Morgan fingerprint density at radius 2 is 1.35 bits per heavy atom. The lowest BCUT2D eigenvalue weighted by atomic mass is 9.79. The van der Waals surface area contributed by atoms with Crippen LogP contribution in [0.3, 0.4) is 0 Å². The minimum atomic E-state index is -0.744. The van der Waals surface area contributed by atoms with Crippen molar-refractivity contribution >= 4 is 17.5 Å². The number of rotatable bonds is 8. The van der Waals surface area contributed by atoms with Crippen LogP contribution in [0.1, 0.15) is 33.4 Å². The van der Waals surface area contributed by atoms with E-state index in [1.807, 2.05) is 54.6 Å². The van der Waals surface area contributed by atoms with Crippen LogP contribution in [0.5, 0.6) is 28.7 Å². The number of anilines is 1. The first kappa shape index (κ1) is 26.6. The molecule has 1 heterocycles. The number of amides is 2. The van der Waals surface area contributed by atoms with Crippen LogP contribution in [-0.4, -0.2) is 45.1 Å². The van der Waals surface area contributed by atoms with Crippen LogP contribution < -0.4 is 24.3 Å². The van der Waals surface area contributed by atoms with Gasteiger partial charge >= 0.3 is 0 Å². The van der Waals surface area contributed by atoms with Gasteiger partial charge in [-0.05, 0) is 71.8 Å². The summed E-state index contributed by atoms with van der Waals surface area (Å²) in [6, 6.07) is 26.8. The average Bonchev–Trinajstić information content (AvgIpc) is 2.99. The van der Waals surface area contributed by atoms with Gasteiger partial charge in [-0.3, -0.25) is 9.59 Å². The van der Waals surface area contributed by atoms with E-state index in [4.69, 9.17) is 18.9 Å². The van der Waals surface area contributed by atoms with Crippen molar-refractivity contribution in [1.29, 1.82) is 0 Å². The molecule has 0 aliphatic carbocycles. The lowest BCUT2D eigenvalue weighted by molar-refractivity contribution is -0.119. The van der Waals surface area contributed by atoms with E-state index in [1.54, 1.807) is 55.5 Å². The zero-order chi connectivity index (χ0) is 28.2. The fraction of sp³-hybridized carbons (Fsp3) is 0.188. The molecular weight excluding hydrogens is 508 g/mol. The summed E-state index contributed by atoms with van der Waals surface area (Å²) >= 11 is 0. The molecule has 0 unspecified atom stereocenters. The van der Waals surface area contributed by atoms with Gasteiger partial charge in [0.15, 0.2) is 11.5 Å². The molecule has 8 nitrogen and oxygen atoms in total. The maximum Gasteiger partial charge on any atom is 0.254 e. The minimum absolute atomic E-state index is 0.219. The second-order valence-corrected chi connectivity index (χ2v) is 9.33. The Kier molecular flexibility index (Phi) is 7.59. The van der Waals surface area contributed by atoms with Gasteiger partial charge in [-0.1, -0.05) is 30.3 Å². The molecule has 1 N–H and O–H groups in total. The SMILES string of the molecule is COc1ccc([C@H]2[C@H](C(=O)Nc3ccc(Oc4ccccc4)cc3)c3cc(OC)c(OC)cc3C(=O)N2C)cc1. The number of hydrogen-bond donors (Lipinski definition) is 1. The van der Waals surface area contributed by atoms with Crippen molar-refractivity contribution in [3.63, 3.8) is 0 Å². The Hall–Kier alpha value is -4.98. The van der Waals surface area contributed by atoms with Gasteiger partial charge in [0.1, 0.15) is 17.2 Å². The number of ether oxygens (including phenoxy) is 4. The predicted molar refractivity (Wildman–Crippen MR) is 152 cm³/mol. The van der Waals surface area contributed by atoms with Crippen LogP contribution >= 0.6 is 0 Å². The standard InChI is InChI=1S/C32H30N2O6/c1-34-30(20-10-14-22(37-2)15-11-20)29(25-18-27(38-3)28(39-4)19-26(25)32(34)36)31(35)33-21-12-16-24(17-13-21)40-23-8-6-5-7-9-23/h5-19,29-30H,1-4H3,(H,33,35)/t29-,30+/m1/s1. The molecule has 204 valence electrons. The van der Waals surface area contributed by atoms with E-state index in [2.05, 4.69) is 5.32 Å². The number of benzene rings is 4. The third-order valence-corrected chi connectivity index (χ3v) is 7.02. The molecule has 8 heteroatoms. The van der Waals surface area contributed by atoms with E-state index < -0.39 is 12.0 Å². The first-order chi connectivity index (χ1) is 19.4. The van der Waals surface area contributed by atoms with E-state index in [0.29, 0.717) is 39.8 Å². The molecule has 1 aliphatic heterocycles. The fourth-order valence-corrected chi connectivity index (χ4v) is 5.00. The third-order valence-electron chi connectivity index (χ3n) is 7.02. The maximum absolute atomic E-state index is 14.0. The fourth-order valence-electron chi connectivity index (χ4n) is 5.00. The van der Waals surface area contributed by atoms with Crippen LogP contribution in [0, 0.1) is 0 Å². The number of carbonyl (C=O) groups excluding carboxylic acids is 2. The molecule has 0 radical (unpaired) electrons. The van der Waals surface area contributed by atoms with Crippen molar-refractivity contribution in [2.45, 2.75) is 12.0 Å². The summed E-state index contributed by atoms with van der Waals surface area (Å²) in [6.45, 7) is 0. The van der Waals surface area contributed by atoms with Crippen LogP contribution in [0.25, 0.3) is 0 Å². The molecule has 4 aromatic carbocycles. The molecule has 1 aliphatic rings. The summed E-state index contributed by atoms with van der Waals surface area (Å²) < 4.78 is 22.2. The summed E-state index contributed by atoms with van der Waals surface area (Å²) in [5.41, 5.74) is 2.34. The molecule has 4 aromatic rings. The first-order valence-corrected chi connectivity index (χ1v) is 12.7. The number of likely N-dealkylation sites (N-methyl/N-ethyl adjacent to an activating group) is 1. The van der Waals surface area contributed by atoms with Crippen LogP contribution in [0.15, 0.2) is 91.0 Å². The molecule has 2 atom stereocenters. The number of para-hydroxylation sites is 1. The highest BCUT2D eigenvalue weighted by atomic mass is 16.5. The second kappa shape index (κ2) is 11.4. The van der Waals surface area contributed by atoms with Gasteiger partial charge in [0.05, 0.1) is 33.3 Å². The summed E-state index contributed by atoms with van der Waals surface area (Å²) in [7, 11) is 6.33. The maximum atomic E-state index is 14.0. The van der Waals surface area contributed by atoms with Crippen molar-refractivity contribution in [2.24, 2.45) is 0 Å². The number of fused-ring (bicyclic) bond motifs is 1. The Morgan fingerprint density at radius 1 is 0.750 bits per heavy atom. The molecule has 40 heavy (non-hydrogen) atoms. The van der Waals surface area contributed by atoms with Crippen molar-refractivity contribution in [3.05, 3.63) is 108 Å². The molecule has 2 amide bonds. The Morgan fingerprint density at radius 3 is 1.98 bits per heavy atom. The Bertz CT molecular complexity index is 1500. The average molecular weight is 539 g/mol. The summed E-state index contributed by atoms with van der Waals surface area (Å²) in [5.74, 6) is 1.66. The number of carbonyl (C=O) groups is 2. The van der Waals surface area contributed by atoms with Gasteiger partial charge in [0, 0.05) is 18.3 Å². The van der Waals surface area contributed by atoms with Gasteiger partial charge in [-0.15, -0.1) is 0 Å². The molecule has 0 saturated carbocycles. The topological polar surface area (TPSA) is 86.3 Å². The van der Waals surface area contributed by atoms with E-state index in [9.17, 15) is 9.59 Å². The van der Waals surface area contributed by atoms with E-state index in [-0.39, 0.29) is 11.8 Å². The largest absolute Gasteiger partial charge is 0.497 e. The van der Waals surface area contributed by atoms with Gasteiger partial charge in [0.2, 0.25) is 5.91 Å². The number of nitrogens with zero attached hydrogens (tertiary/aromatic N) is 1. The molecule has 5 rings (SSSR count). The highest BCUT2D eigenvalue weighted by Crippen LogP contribution is 2.46. The van der Waals surface area contributed by atoms with Crippen LogP contribution in [0.2, 0.25) is 0 Å². The normalized spacial score (nSPS) is 16.1. The third kappa shape index (κ3) is 5.16. The van der Waals surface area contributed by atoms with Gasteiger partial charge in [-0.25, -0.2) is 0 Å². The van der Waals surface area contributed by atoms with E-state index in [0.717, 1.165) is 11.3 Å². The number of nitrogens with one attached hydrogen (secondary N) is 1. The zero-order valence-corrected chi connectivity index (χ0v) is 22.7. The number of methoxy groups -OCH3 is 3. The monoisotopic (exact) mass is 538 g/mol. The van der Waals surface area contributed by atoms with Crippen molar-refractivity contribution in [3.8, 4) is 28.7 Å². The number of hydrogen-bond acceptors (Lipinski definition) is 6. The Balaban J connectivity index is 1.51. The van der Waals surface area contributed by atoms with Crippen molar-refractivity contribution in [1.82, 2.24) is 4.90 Å². The summed E-state index contributed by atoms with van der Waals surface area (Å²) in [5, 5.41) is 3.04. The molecule has 0 saturated heterocycles. The zero-order valence-electron chi connectivity index (χ0n) is 22.7. The first-order valence-electron chi connectivity index (χ1n) is 12.7. The summed E-state index contributed by atoms with van der Waals surface area (Å²) in [6.07, 6.45) is 0. The quantitative estimate of drug-likeness (QED) is 0.294. The molecule has 0 spiro atoms. The molecule has 0 fully saturated rings. The van der Waals surface area contributed by atoms with Crippen molar-refractivity contribution in [2.75, 3.05) is 33.7 Å². The van der Waals surface area contributed by atoms with E-state index in [1.165, 1.54) is 14.2 Å². The van der Waals surface area contributed by atoms with Crippen molar-refractivity contribution < 1.29 is 28.5 Å². The summed E-state index contributed by atoms with van der Waals surface area (Å²) in [4.78, 5) is 29.2. The highest BCUT2D eigenvalue weighted by molar-refractivity contribution is 6.05. The van der Waals surface area contributed by atoms with Gasteiger partial charge in [-0.2, -0.15) is 0 Å². The second-order valence-electron chi connectivity index (χ2n) is 9.33. The van der Waals surface area contributed by atoms with Crippen LogP contribution in [0.4, 0.5) is 5.69 Å². The van der Waals surface area contributed by atoms with Crippen LogP contribution in [-0.2, 0) is 4.79 Å². The molecular formula is C32H30N2O6. The lowest BCUT2D eigenvalue weighted by Gasteiger charge is -2.40. The Labute approximate surface area is 233 Å². The van der Waals surface area contributed by atoms with E-state index >= 15 is 0 Å². The smallest absolute Gasteiger partial charge is 0.254 e. The lowest BCUT2D eigenvalue weighted by Crippen LogP contribution is -2.44. The van der Waals surface area contributed by atoms with Gasteiger partial charge < -0.3 is 29.2 Å². The molecule has 0 bridgehead atoms. The predicted octanol–water partition coefficient (Wildman–Crippen LogP) is 6.05.